The van der Waals surface area contributed by atoms with Gasteiger partial charge in [-0.25, -0.2) is 0 Å². The van der Waals surface area contributed by atoms with Crippen molar-refractivity contribution in [3.63, 3.8) is 0 Å². The molecule has 9 heteroatoms. The molecule has 0 bridgehead atoms. The molecule has 6 nitrogen and oxygen atoms in total. The molecule has 2 aliphatic rings. The third kappa shape index (κ3) is 3.32. The monoisotopic (exact) mass is 394 g/mol. The molecular formula is C19H17F3N2O4. The summed E-state index contributed by atoms with van der Waals surface area (Å²) in [6, 6.07) is 8.03. The summed E-state index contributed by atoms with van der Waals surface area (Å²) in [5.74, 6) is 1.20. The van der Waals surface area contributed by atoms with Crippen molar-refractivity contribution in [3.05, 3.63) is 57.6 Å². The minimum absolute atomic E-state index is 0.0458. The highest BCUT2D eigenvalue weighted by Gasteiger charge is 2.39. The molecule has 0 radical (unpaired) electrons. The molecular weight excluding hydrogens is 377 g/mol. The first-order valence-corrected chi connectivity index (χ1v) is 8.86. The number of nitro groups is 1. The van der Waals surface area contributed by atoms with Crippen molar-refractivity contribution < 1.29 is 27.6 Å². The Balaban J connectivity index is 1.73. The maximum atomic E-state index is 13.6. The fourth-order valence-electron chi connectivity index (χ4n) is 3.78. The van der Waals surface area contributed by atoms with Gasteiger partial charge >= 0.3 is 6.18 Å². The summed E-state index contributed by atoms with van der Waals surface area (Å²) in [5.41, 5.74) is -0.791. The maximum Gasteiger partial charge on any atom is 0.418 e. The van der Waals surface area contributed by atoms with E-state index in [1.165, 1.54) is 6.07 Å². The first-order valence-electron chi connectivity index (χ1n) is 8.86. The average Bonchev–Trinajstić information content (AvgIpc) is 3.16. The number of hydrogen-bond donors (Lipinski definition) is 0. The van der Waals surface area contributed by atoms with Crippen molar-refractivity contribution >= 4 is 11.4 Å². The van der Waals surface area contributed by atoms with Gasteiger partial charge in [0.05, 0.1) is 16.5 Å². The number of benzene rings is 2. The number of hydrogen-bond acceptors (Lipinski definition) is 5. The fourth-order valence-corrected chi connectivity index (χ4v) is 3.78. The molecule has 2 aliphatic heterocycles. The number of ether oxygens (including phenoxy) is 2. The minimum Gasteiger partial charge on any atom is -0.486 e. The van der Waals surface area contributed by atoms with Gasteiger partial charge in [0.1, 0.15) is 13.2 Å². The number of nitrogens with zero attached hydrogens (tertiary/aromatic N) is 2. The highest BCUT2D eigenvalue weighted by molar-refractivity contribution is 5.61. The van der Waals surface area contributed by atoms with Gasteiger partial charge in [-0.05, 0) is 36.6 Å². The molecule has 1 atom stereocenters. The van der Waals surface area contributed by atoms with Gasteiger partial charge in [0.15, 0.2) is 11.5 Å². The Kier molecular flexibility index (Phi) is 4.52. The second-order valence-corrected chi connectivity index (χ2v) is 6.71. The first kappa shape index (κ1) is 18.4. The number of rotatable bonds is 3. The van der Waals surface area contributed by atoms with Crippen LogP contribution in [0.5, 0.6) is 11.5 Å². The zero-order valence-electron chi connectivity index (χ0n) is 14.7. The summed E-state index contributed by atoms with van der Waals surface area (Å²) in [5, 5.41) is 10.9. The molecule has 2 aromatic rings. The van der Waals surface area contributed by atoms with Gasteiger partial charge in [-0.1, -0.05) is 6.07 Å². The van der Waals surface area contributed by atoms with Crippen molar-refractivity contribution in [2.24, 2.45) is 0 Å². The summed E-state index contributed by atoms with van der Waals surface area (Å²) in [4.78, 5) is 11.8. The van der Waals surface area contributed by atoms with Crippen LogP contribution in [0.1, 0.15) is 30.0 Å². The lowest BCUT2D eigenvalue weighted by Crippen LogP contribution is -2.26. The Morgan fingerprint density at radius 3 is 2.54 bits per heavy atom. The molecule has 0 spiro atoms. The summed E-state index contributed by atoms with van der Waals surface area (Å²) < 4.78 is 51.9. The minimum atomic E-state index is -4.69. The van der Waals surface area contributed by atoms with E-state index in [1.807, 2.05) is 6.07 Å². The zero-order valence-corrected chi connectivity index (χ0v) is 14.7. The number of alkyl halides is 3. The standard InChI is InChI=1S/C19H17F3N2O4/c20-19(21,22)14-11-13(24(25)26)4-5-16(14)23-7-1-2-15(23)12-3-6-17-18(10-12)28-9-8-27-17/h3-6,10-11,15H,1-2,7-9H2/t15-/m1/s1. The molecule has 0 amide bonds. The van der Waals surface area contributed by atoms with Crippen LogP contribution in [0.4, 0.5) is 24.5 Å². The number of nitro benzene ring substituents is 1. The lowest BCUT2D eigenvalue weighted by Gasteiger charge is -2.30. The molecule has 2 aromatic carbocycles. The van der Waals surface area contributed by atoms with Crippen LogP contribution in [0, 0.1) is 10.1 Å². The van der Waals surface area contributed by atoms with Crippen LogP contribution >= 0.6 is 0 Å². The Morgan fingerprint density at radius 2 is 1.82 bits per heavy atom. The smallest absolute Gasteiger partial charge is 0.418 e. The molecule has 0 unspecified atom stereocenters. The van der Waals surface area contributed by atoms with Crippen LogP contribution in [-0.4, -0.2) is 24.7 Å². The molecule has 28 heavy (non-hydrogen) atoms. The molecule has 0 aliphatic carbocycles. The van der Waals surface area contributed by atoms with Gasteiger partial charge in [0, 0.05) is 24.4 Å². The van der Waals surface area contributed by atoms with Crippen LogP contribution in [-0.2, 0) is 6.18 Å². The van der Waals surface area contributed by atoms with Crippen molar-refractivity contribution in [3.8, 4) is 11.5 Å². The highest BCUT2D eigenvalue weighted by atomic mass is 19.4. The Morgan fingerprint density at radius 1 is 1.07 bits per heavy atom. The van der Waals surface area contributed by atoms with E-state index in [4.69, 9.17) is 9.47 Å². The highest BCUT2D eigenvalue weighted by Crippen LogP contribution is 2.45. The molecule has 0 saturated carbocycles. The number of halogens is 3. The summed E-state index contributed by atoms with van der Waals surface area (Å²) >= 11 is 0. The van der Waals surface area contributed by atoms with E-state index in [1.54, 1.807) is 17.0 Å². The van der Waals surface area contributed by atoms with E-state index in [0.29, 0.717) is 50.2 Å². The normalized spacial score (nSPS) is 19.0. The molecule has 2 heterocycles. The summed E-state index contributed by atoms with van der Waals surface area (Å²) in [6.45, 7) is 1.31. The van der Waals surface area contributed by atoms with Gasteiger partial charge in [-0.2, -0.15) is 13.2 Å². The van der Waals surface area contributed by atoms with Crippen LogP contribution in [0.15, 0.2) is 36.4 Å². The number of fused-ring (bicyclic) bond motifs is 1. The van der Waals surface area contributed by atoms with Gasteiger partial charge in [-0.3, -0.25) is 10.1 Å². The third-order valence-electron chi connectivity index (χ3n) is 5.01. The Labute approximate surface area is 158 Å². The maximum absolute atomic E-state index is 13.6. The van der Waals surface area contributed by atoms with Crippen LogP contribution in [0.3, 0.4) is 0 Å². The van der Waals surface area contributed by atoms with Crippen molar-refractivity contribution in [1.82, 2.24) is 0 Å². The predicted octanol–water partition coefficient (Wildman–Crippen LogP) is 4.73. The van der Waals surface area contributed by atoms with Crippen molar-refractivity contribution in [1.29, 1.82) is 0 Å². The number of non-ortho nitro benzene ring substituents is 1. The van der Waals surface area contributed by atoms with Crippen molar-refractivity contribution in [2.75, 3.05) is 24.7 Å². The van der Waals surface area contributed by atoms with E-state index in [2.05, 4.69) is 0 Å². The quantitative estimate of drug-likeness (QED) is 0.556. The van der Waals surface area contributed by atoms with Gasteiger partial charge in [0.25, 0.3) is 5.69 Å². The predicted molar refractivity (Wildman–Crippen MR) is 94.9 cm³/mol. The lowest BCUT2D eigenvalue weighted by molar-refractivity contribution is -0.385. The largest absolute Gasteiger partial charge is 0.486 e. The molecule has 4 rings (SSSR count). The fraction of sp³-hybridized carbons (Fsp3) is 0.368. The summed E-state index contributed by atoms with van der Waals surface area (Å²) in [6.07, 6.45) is -3.30. The molecule has 1 saturated heterocycles. The van der Waals surface area contributed by atoms with Crippen LogP contribution in [0.25, 0.3) is 0 Å². The second kappa shape index (κ2) is 6.88. The third-order valence-corrected chi connectivity index (χ3v) is 5.01. The van der Waals surface area contributed by atoms with E-state index < -0.39 is 22.4 Å². The molecule has 0 N–H and O–H groups in total. The average molecular weight is 394 g/mol. The van der Waals surface area contributed by atoms with Gasteiger partial charge in [-0.15, -0.1) is 0 Å². The Hall–Kier alpha value is -2.97. The number of anilines is 1. The SMILES string of the molecule is O=[N+]([O-])c1ccc(N2CCC[C@@H]2c2ccc3c(c2)OCCO3)c(C(F)(F)F)c1. The van der Waals surface area contributed by atoms with E-state index in [-0.39, 0.29) is 11.7 Å². The van der Waals surface area contributed by atoms with E-state index in [0.717, 1.165) is 11.6 Å². The van der Waals surface area contributed by atoms with E-state index >= 15 is 0 Å². The summed E-state index contributed by atoms with van der Waals surface area (Å²) in [7, 11) is 0. The first-order chi connectivity index (χ1) is 13.3. The molecule has 148 valence electrons. The molecule has 1 fully saturated rings. The zero-order chi connectivity index (χ0) is 19.9. The van der Waals surface area contributed by atoms with Crippen LogP contribution in [0.2, 0.25) is 0 Å². The second-order valence-electron chi connectivity index (χ2n) is 6.71. The van der Waals surface area contributed by atoms with Gasteiger partial charge < -0.3 is 14.4 Å². The van der Waals surface area contributed by atoms with E-state index in [9.17, 15) is 23.3 Å². The Bertz CT molecular complexity index is 917. The van der Waals surface area contributed by atoms with Gasteiger partial charge in [0.2, 0.25) is 0 Å². The lowest BCUT2D eigenvalue weighted by atomic mass is 10.0. The van der Waals surface area contributed by atoms with Crippen LogP contribution < -0.4 is 14.4 Å². The van der Waals surface area contributed by atoms with Crippen molar-refractivity contribution in [2.45, 2.75) is 25.1 Å². The topological polar surface area (TPSA) is 64.8 Å². The molecule has 0 aromatic heterocycles.